The maximum atomic E-state index is 11.1. The Labute approximate surface area is 77.1 Å². The summed E-state index contributed by atoms with van der Waals surface area (Å²) in [4.78, 5) is 11.1. The Morgan fingerprint density at radius 1 is 1.38 bits per heavy atom. The number of carbonyl (C=O) groups is 1. The Hall–Kier alpha value is -0.610. The van der Waals surface area contributed by atoms with E-state index < -0.39 is 0 Å². The molecule has 0 aromatic rings. The minimum absolute atomic E-state index is 0.00667. The first-order chi connectivity index (χ1) is 6.27. The van der Waals surface area contributed by atoms with E-state index in [1.54, 1.807) is 0 Å². The highest BCUT2D eigenvalue weighted by Crippen LogP contribution is 2.27. The van der Waals surface area contributed by atoms with Gasteiger partial charge in [-0.2, -0.15) is 0 Å². The van der Waals surface area contributed by atoms with Crippen LogP contribution in [0.3, 0.4) is 0 Å². The first-order valence-electron chi connectivity index (χ1n) is 4.67. The SMILES string of the molecule is C[C@@H]1C(=O)OC[C@H]1CC1OCCO1. The molecule has 13 heavy (non-hydrogen) atoms. The van der Waals surface area contributed by atoms with Gasteiger partial charge in [0, 0.05) is 12.3 Å². The summed E-state index contributed by atoms with van der Waals surface area (Å²) in [5.41, 5.74) is 0. The smallest absolute Gasteiger partial charge is 0.309 e. The maximum Gasteiger partial charge on any atom is 0.309 e. The summed E-state index contributed by atoms with van der Waals surface area (Å²) in [6, 6.07) is 0. The van der Waals surface area contributed by atoms with Gasteiger partial charge in [-0.3, -0.25) is 4.79 Å². The van der Waals surface area contributed by atoms with Gasteiger partial charge in [0.1, 0.15) is 0 Å². The van der Waals surface area contributed by atoms with Crippen LogP contribution >= 0.6 is 0 Å². The summed E-state index contributed by atoms with van der Waals surface area (Å²) in [5, 5.41) is 0. The van der Waals surface area contributed by atoms with Crippen LogP contribution in [-0.2, 0) is 19.0 Å². The van der Waals surface area contributed by atoms with Gasteiger partial charge in [0.15, 0.2) is 6.29 Å². The second kappa shape index (κ2) is 3.64. The molecule has 0 unspecified atom stereocenters. The molecule has 2 aliphatic heterocycles. The first kappa shape index (κ1) is 8.97. The summed E-state index contributed by atoms with van der Waals surface area (Å²) < 4.78 is 15.6. The quantitative estimate of drug-likeness (QED) is 0.591. The molecule has 2 atom stereocenters. The van der Waals surface area contributed by atoms with E-state index in [-0.39, 0.29) is 24.1 Å². The maximum absolute atomic E-state index is 11.1. The van der Waals surface area contributed by atoms with Gasteiger partial charge in [0.05, 0.1) is 25.7 Å². The van der Waals surface area contributed by atoms with E-state index in [4.69, 9.17) is 14.2 Å². The standard InChI is InChI=1S/C9H14O4/c1-6-7(5-13-9(6)10)4-8-11-2-3-12-8/h6-8H,2-5H2,1H3/t6-,7+/m0/s1. The van der Waals surface area contributed by atoms with Gasteiger partial charge in [-0.15, -0.1) is 0 Å². The molecule has 4 nitrogen and oxygen atoms in total. The molecule has 74 valence electrons. The van der Waals surface area contributed by atoms with Crippen LogP contribution in [0.1, 0.15) is 13.3 Å². The predicted molar refractivity (Wildman–Crippen MR) is 43.9 cm³/mol. The van der Waals surface area contributed by atoms with Gasteiger partial charge >= 0.3 is 5.97 Å². The van der Waals surface area contributed by atoms with Crippen LogP contribution in [-0.4, -0.2) is 32.1 Å². The van der Waals surface area contributed by atoms with Crippen LogP contribution in [0.5, 0.6) is 0 Å². The Morgan fingerprint density at radius 2 is 2.08 bits per heavy atom. The molecule has 0 amide bonds. The molecule has 0 aromatic heterocycles. The molecule has 0 spiro atoms. The zero-order valence-electron chi connectivity index (χ0n) is 7.69. The van der Waals surface area contributed by atoms with Crippen molar-refractivity contribution in [3.63, 3.8) is 0 Å². The molecule has 2 heterocycles. The van der Waals surface area contributed by atoms with Crippen molar-refractivity contribution in [1.29, 1.82) is 0 Å². The summed E-state index contributed by atoms with van der Waals surface area (Å²) in [7, 11) is 0. The van der Waals surface area contributed by atoms with Crippen LogP contribution in [0.25, 0.3) is 0 Å². The molecule has 0 bridgehead atoms. The third-order valence-electron chi connectivity index (χ3n) is 2.70. The second-order valence-corrected chi connectivity index (χ2v) is 3.59. The zero-order chi connectivity index (χ0) is 9.26. The van der Waals surface area contributed by atoms with Crippen molar-refractivity contribution >= 4 is 5.97 Å². The van der Waals surface area contributed by atoms with Crippen molar-refractivity contribution < 1.29 is 19.0 Å². The highest BCUT2D eigenvalue weighted by atomic mass is 16.7. The fourth-order valence-electron chi connectivity index (χ4n) is 1.72. The molecule has 4 heteroatoms. The van der Waals surface area contributed by atoms with E-state index in [0.717, 1.165) is 6.42 Å². The minimum Gasteiger partial charge on any atom is -0.465 e. The van der Waals surface area contributed by atoms with Crippen LogP contribution in [0.15, 0.2) is 0 Å². The normalized spacial score (nSPS) is 35.3. The molecule has 0 radical (unpaired) electrons. The number of rotatable bonds is 2. The fraction of sp³-hybridized carbons (Fsp3) is 0.889. The van der Waals surface area contributed by atoms with Gasteiger partial charge in [-0.25, -0.2) is 0 Å². The van der Waals surface area contributed by atoms with Gasteiger partial charge < -0.3 is 14.2 Å². The number of carbonyl (C=O) groups excluding carboxylic acids is 1. The average molecular weight is 186 g/mol. The third-order valence-corrected chi connectivity index (χ3v) is 2.70. The highest BCUT2D eigenvalue weighted by Gasteiger charge is 2.35. The molecular weight excluding hydrogens is 172 g/mol. The number of ether oxygens (including phenoxy) is 3. The van der Waals surface area contributed by atoms with Crippen molar-refractivity contribution in [2.75, 3.05) is 19.8 Å². The Morgan fingerprint density at radius 3 is 2.62 bits per heavy atom. The van der Waals surface area contributed by atoms with E-state index in [1.165, 1.54) is 0 Å². The lowest BCUT2D eigenvalue weighted by atomic mass is 9.94. The largest absolute Gasteiger partial charge is 0.465 e. The lowest BCUT2D eigenvalue weighted by Gasteiger charge is -2.14. The Kier molecular flexibility index (Phi) is 2.51. The molecule has 2 saturated heterocycles. The van der Waals surface area contributed by atoms with Crippen molar-refractivity contribution in [3.05, 3.63) is 0 Å². The van der Waals surface area contributed by atoms with Crippen LogP contribution < -0.4 is 0 Å². The molecule has 0 saturated carbocycles. The number of esters is 1. The van der Waals surface area contributed by atoms with E-state index in [2.05, 4.69) is 0 Å². The molecule has 0 N–H and O–H groups in total. The number of hydrogen-bond donors (Lipinski definition) is 0. The summed E-state index contributed by atoms with van der Waals surface area (Å²) >= 11 is 0. The van der Waals surface area contributed by atoms with Crippen molar-refractivity contribution in [3.8, 4) is 0 Å². The molecule has 2 fully saturated rings. The monoisotopic (exact) mass is 186 g/mol. The highest BCUT2D eigenvalue weighted by molar-refractivity contribution is 5.74. The van der Waals surface area contributed by atoms with Gasteiger partial charge in [-0.1, -0.05) is 6.92 Å². The molecule has 0 aliphatic carbocycles. The van der Waals surface area contributed by atoms with Gasteiger partial charge in [-0.05, 0) is 0 Å². The molecule has 2 rings (SSSR count). The molecule has 2 aliphatic rings. The van der Waals surface area contributed by atoms with Crippen LogP contribution in [0.4, 0.5) is 0 Å². The Balaban J connectivity index is 1.84. The third kappa shape index (κ3) is 1.84. The topological polar surface area (TPSA) is 44.8 Å². The summed E-state index contributed by atoms with van der Waals surface area (Å²) in [6.45, 7) is 3.75. The average Bonchev–Trinajstić information content (AvgIpc) is 2.71. The van der Waals surface area contributed by atoms with Crippen LogP contribution in [0, 0.1) is 11.8 Å². The van der Waals surface area contributed by atoms with Crippen LogP contribution in [0.2, 0.25) is 0 Å². The fourth-order valence-corrected chi connectivity index (χ4v) is 1.72. The van der Waals surface area contributed by atoms with Gasteiger partial charge in [0.25, 0.3) is 0 Å². The molecule has 0 aromatic carbocycles. The lowest BCUT2D eigenvalue weighted by molar-refractivity contribution is -0.140. The molecular formula is C9H14O4. The van der Waals surface area contributed by atoms with Crippen molar-refractivity contribution in [1.82, 2.24) is 0 Å². The lowest BCUT2D eigenvalue weighted by Crippen LogP contribution is -2.19. The second-order valence-electron chi connectivity index (χ2n) is 3.59. The number of cyclic esters (lactones) is 1. The summed E-state index contributed by atoms with van der Waals surface area (Å²) in [5.74, 6) is 0.159. The number of hydrogen-bond acceptors (Lipinski definition) is 4. The first-order valence-corrected chi connectivity index (χ1v) is 4.67. The Bertz CT molecular complexity index is 198. The van der Waals surface area contributed by atoms with Crippen molar-refractivity contribution in [2.24, 2.45) is 11.8 Å². The zero-order valence-corrected chi connectivity index (χ0v) is 7.69. The van der Waals surface area contributed by atoms with Gasteiger partial charge in [0.2, 0.25) is 0 Å². The predicted octanol–water partition coefficient (Wildman–Crippen LogP) is 0.558. The van der Waals surface area contributed by atoms with E-state index in [0.29, 0.717) is 19.8 Å². The summed E-state index contributed by atoms with van der Waals surface area (Å²) in [6.07, 6.45) is 0.648. The minimum atomic E-state index is -0.123. The van der Waals surface area contributed by atoms with E-state index >= 15 is 0 Å². The van der Waals surface area contributed by atoms with E-state index in [9.17, 15) is 4.79 Å². The van der Waals surface area contributed by atoms with Crippen molar-refractivity contribution in [2.45, 2.75) is 19.6 Å². The van der Waals surface area contributed by atoms with E-state index in [1.807, 2.05) is 6.92 Å².